The van der Waals surface area contributed by atoms with Gasteiger partial charge in [-0.15, -0.1) is 0 Å². The minimum atomic E-state index is 0.255. The zero-order valence-electron chi connectivity index (χ0n) is 13.2. The molecule has 0 spiro atoms. The number of Topliss-reactive ketones (excluding diaryl/α,β-unsaturated/α-hetero) is 1. The predicted molar refractivity (Wildman–Crippen MR) is 77.1 cm³/mol. The van der Waals surface area contributed by atoms with Crippen LogP contribution in [0.3, 0.4) is 0 Å². The van der Waals surface area contributed by atoms with Crippen molar-refractivity contribution in [2.24, 2.45) is 0 Å². The van der Waals surface area contributed by atoms with Crippen molar-refractivity contribution in [1.82, 2.24) is 4.90 Å². The van der Waals surface area contributed by atoms with Gasteiger partial charge in [0.2, 0.25) is 0 Å². The second kappa shape index (κ2) is 29.3. The Labute approximate surface area is 104 Å². The molecule has 0 aliphatic rings. The molecule has 2 heteroatoms. The average molecular weight is 233 g/mol. The Hall–Kier alpha value is -0.370. The Kier molecular flexibility index (Phi) is 45.3. The molecule has 2 nitrogen and oxygen atoms in total. The molecule has 16 heavy (non-hydrogen) atoms. The van der Waals surface area contributed by atoms with Crippen LogP contribution in [0, 0.1) is 0 Å². The van der Waals surface area contributed by atoms with Gasteiger partial charge in [-0.05, 0) is 28.1 Å². The van der Waals surface area contributed by atoms with Crippen molar-refractivity contribution in [3.05, 3.63) is 0 Å². The van der Waals surface area contributed by atoms with Gasteiger partial charge < -0.3 is 9.69 Å². The summed E-state index contributed by atoms with van der Waals surface area (Å²) in [6.45, 7) is 12.0. The summed E-state index contributed by atoms with van der Waals surface area (Å²) >= 11 is 0. The number of ketones is 1. The maximum absolute atomic E-state index is 9.81. The first kappa shape index (κ1) is 24.7. The van der Waals surface area contributed by atoms with E-state index in [1.807, 2.05) is 33.0 Å². The van der Waals surface area contributed by atoms with Crippen molar-refractivity contribution in [3.8, 4) is 0 Å². The number of nitrogens with zero attached hydrogens (tertiary/aromatic N) is 1. The minimum absolute atomic E-state index is 0.255. The lowest BCUT2D eigenvalue weighted by molar-refractivity contribution is -0.116. The van der Waals surface area contributed by atoms with Crippen molar-refractivity contribution in [3.63, 3.8) is 0 Å². The number of hydrogen-bond acceptors (Lipinski definition) is 2. The maximum atomic E-state index is 9.81. The first-order valence-electron chi connectivity index (χ1n) is 6.43. The van der Waals surface area contributed by atoms with Crippen LogP contribution in [0.25, 0.3) is 0 Å². The van der Waals surface area contributed by atoms with E-state index in [0.29, 0.717) is 6.42 Å². The van der Waals surface area contributed by atoms with Gasteiger partial charge in [-0.2, -0.15) is 0 Å². The largest absolute Gasteiger partial charge is 0.312 e. The van der Waals surface area contributed by atoms with Crippen LogP contribution in [0.1, 0.15) is 67.2 Å². The van der Waals surface area contributed by atoms with Gasteiger partial charge >= 0.3 is 0 Å². The average Bonchev–Trinajstić information content (AvgIpc) is 2.18. The fraction of sp³-hybridized carbons (Fsp3) is 0.929. The zero-order chi connectivity index (χ0) is 14.0. The first-order valence-corrected chi connectivity index (χ1v) is 6.43. The predicted octanol–water partition coefficient (Wildman–Crippen LogP) is 4.39. The Bertz CT molecular complexity index is 96.2. The summed E-state index contributed by atoms with van der Waals surface area (Å²) in [6, 6.07) is 0. The van der Waals surface area contributed by atoms with Gasteiger partial charge in [-0.3, -0.25) is 0 Å². The molecule has 0 aromatic carbocycles. The van der Waals surface area contributed by atoms with Crippen LogP contribution in [0.4, 0.5) is 0 Å². The van der Waals surface area contributed by atoms with Crippen molar-refractivity contribution in [2.45, 2.75) is 67.2 Å². The van der Waals surface area contributed by atoms with Gasteiger partial charge in [0.05, 0.1) is 0 Å². The fourth-order valence-corrected chi connectivity index (χ4v) is 0. The molecule has 0 aromatic rings. The molecule has 0 rings (SSSR count). The monoisotopic (exact) mass is 233 g/mol. The summed E-state index contributed by atoms with van der Waals surface area (Å²) in [4.78, 5) is 11.8. The van der Waals surface area contributed by atoms with E-state index in [-0.39, 0.29) is 5.78 Å². The lowest BCUT2D eigenvalue weighted by atomic mass is 10.4. The van der Waals surface area contributed by atoms with E-state index < -0.39 is 0 Å². The van der Waals surface area contributed by atoms with Crippen LogP contribution >= 0.6 is 0 Å². The smallest absolute Gasteiger partial charge is 0.129 e. The number of carbonyl (C=O) groups is 1. The highest BCUT2D eigenvalue weighted by Gasteiger charge is 1.76. The van der Waals surface area contributed by atoms with Crippen LogP contribution < -0.4 is 0 Å². The molecule has 0 atom stereocenters. The highest BCUT2D eigenvalue weighted by molar-refractivity contribution is 5.74. The van der Waals surface area contributed by atoms with E-state index in [9.17, 15) is 4.79 Å². The van der Waals surface area contributed by atoms with E-state index in [1.165, 1.54) is 19.3 Å². The second-order valence-electron chi connectivity index (χ2n) is 4.10. The van der Waals surface area contributed by atoms with Gasteiger partial charge in [0.15, 0.2) is 0 Å². The van der Waals surface area contributed by atoms with E-state index in [2.05, 4.69) is 27.7 Å². The van der Waals surface area contributed by atoms with E-state index in [1.54, 1.807) is 6.92 Å². The van der Waals surface area contributed by atoms with Crippen molar-refractivity contribution < 1.29 is 4.79 Å². The highest BCUT2D eigenvalue weighted by atomic mass is 16.1. The summed E-state index contributed by atoms with van der Waals surface area (Å²) in [5.74, 6) is 0.255. The third-order valence-corrected chi connectivity index (χ3v) is 0.998. The molecule has 0 heterocycles. The summed E-state index contributed by atoms with van der Waals surface area (Å²) in [5.41, 5.74) is 0. The molecule has 0 saturated carbocycles. The van der Waals surface area contributed by atoms with Gasteiger partial charge in [0.1, 0.15) is 5.78 Å². The second-order valence-corrected chi connectivity index (χ2v) is 4.10. The van der Waals surface area contributed by atoms with Crippen LogP contribution in [0.2, 0.25) is 0 Å². The van der Waals surface area contributed by atoms with Crippen molar-refractivity contribution >= 4 is 5.78 Å². The third kappa shape index (κ3) is 314. The van der Waals surface area contributed by atoms with Crippen LogP contribution in [0.15, 0.2) is 0 Å². The van der Waals surface area contributed by atoms with Crippen LogP contribution in [-0.2, 0) is 4.79 Å². The summed E-state index contributed by atoms with van der Waals surface area (Å²) in [5, 5.41) is 0. The van der Waals surface area contributed by atoms with Gasteiger partial charge in [-0.25, -0.2) is 0 Å². The molecule has 0 radical (unpaired) electrons. The number of rotatable bonds is 2. The van der Waals surface area contributed by atoms with E-state index in [0.717, 1.165) is 0 Å². The molecule has 0 bridgehead atoms. The standard InChI is InChI=1S/C4H8O.C4H10.C3H9N.C3H8/c1-3-4(2)5;1-3-4-2;1-4(2)3;1-3-2/h3H2,1-2H3;3-4H2,1-2H3;1-3H3;3H2,1-2H3. The highest BCUT2D eigenvalue weighted by Crippen LogP contribution is 1.76. The van der Waals surface area contributed by atoms with Gasteiger partial charge in [0.25, 0.3) is 0 Å². The third-order valence-electron chi connectivity index (χ3n) is 0.998. The van der Waals surface area contributed by atoms with Crippen molar-refractivity contribution in [2.75, 3.05) is 21.1 Å². The van der Waals surface area contributed by atoms with Crippen molar-refractivity contribution in [1.29, 1.82) is 0 Å². The summed E-state index contributed by atoms with van der Waals surface area (Å²) < 4.78 is 0. The molecule has 102 valence electrons. The van der Waals surface area contributed by atoms with E-state index in [4.69, 9.17) is 0 Å². The SMILES string of the molecule is CCC.CCC(C)=O.CCCC.CN(C)C. The Morgan fingerprint density at radius 3 is 1.00 bits per heavy atom. The molecule has 0 fully saturated rings. The molecule has 0 aliphatic heterocycles. The maximum Gasteiger partial charge on any atom is 0.129 e. The molecule has 0 aliphatic carbocycles. The molecular formula is C14H35NO. The molecule has 0 aromatic heterocycles. The number of carbonyl (C=O) groups excluding carboxylic acids is 1. The minimum Gasteiger partial charge on any atom is -0.312 e. The lowest BCUT2D eigenvalue weighted by Gasteiger charge is -1.90. The molecule has 0 amide bonds. The Morgan fingerprint density at radius 1 is 0.875 bits per heavy atom. The van der Waals surface area contributed by atoms with Crippen LogP contribution in [-0.4, -0.2) is 31.8 Å². The molecule has 0 unspecified atom stereocenters. The van der Waals surface area contributed by atoms with Gasteiger partial charge in [-0.1, -0.05) is 53.9 Å². The fourth-order valence-electron chi connectivity index (χ4n) is 0. The first-order chi connectivity index (χ1) is 7.33. The Balaban J connectivity index is -0.0000000610. The quantitative estimate of drug-likeness (QED) is 0.705. The van der Waals surface area contributed by atoms with E-state index >= 15 is 0 Å². The zero-order valence-corrected chi connectivity index (χ0v) is 13.2. The van der Waals surface area contributed by atoms with Crippen LogP contribution in [0.5, 0.6) is 0 Å². The summed E-state index contributed by atoms with van der Waals surface area (Å²) in [6.07, 6.45) is 4.56. The molecule has 0 N–H and O–H groups in total. The Morgan fingerprint density at radius 2 is 1.00 bits per heavy atom. The van der Waals surface area contributed by atoms with Gasteiger partial charge in [0, 0.05) is 6.42 Å². The molecular weight excluding hydrogens is 198 g/mol. The number of unbranched alkanes of at least 4 members (excludes halogenated alkanes) is 1. The summed E-state index contributed by atoms with van der Waals surface area (Å²) in [7, 11) is 6.00. The lowest BCUT2D eigenvalue weighted by Crippen LogP contribution is -1.99. The number of hydrogen-bond donors (Lipinski definition) is 0. The molecule has 0 saturated heterocycles. The normalized spacial score (nSPS) is 7.62. The topological polar surface area (TPSA) is 20.3 Å².